The molecule has 0 bridgehead atoms. The maximum Gasteiger partial charge on any atom is 0.340 e. The predicted octanol–water partition coefficient (Wildman–Crippen LogP) is 3.83. The third kappa shape index (κ3) is 5.45. The van der Waals surface area contributed by atoms with Gasteiger partial charge in [0, 0.05) is 33.0 Å². The molecule has 0 atom stereocenters. The first-order valence-electron chi connectivity index (χ1n) is 8.11. The zero-order valence-corrected chi connectivity index (χ0v) is 15.6. The number of ether oxygens (including phenoxy) is 1. The van der Waals surface area contributed by atoms with E-state index in [0.717, 1.165) is 23.8 Å². The van der Waals surface area contributed by atoms with Crippen LogP contribution in [0.3, 0.4) is 0 Å². The van der Waals surface area contributed by atoms with Gasteiger partial charge in [0.25, 0.3) is 11.6 Å². The minimum Gasteiger partial charge on any atom is -0.452 e. The minimum absolute atomic E-state index is 0.0309. The molecule has 2 aromatic carbocycles. The summed E-state index contributed by atoms with van der Waals surface area (Å²) in [5.41, 5.74) is -0.201. The van der Waals surface area contributed by atoms with Crippen molar-refractivity contribution in [3.63, 3.8) is 0 Å². The van der Waals surface area contributed by atoms with Crippen molar-refractivity contribution in [1.82, 2.24) is 5.32 Å². The van der Waals surface area contributed by atoms with Crippen molar-refractivity contribution in [3.8, 4) is 0 Å². The first-order valence-corrected chi connectivity index (χ1v) is 9.30. The number of carbonyl (C=O) groups excluding carboxylic acids is 2. The average Bonchev–Trinajstić information content (AvgIpc) is 3.45. The first kappa shape index (κ1) is 19.2. The van der Waals surface area contributed by atoms with E-state index in [-0.39, 0.29) is 23.2 Å². The van der Waals surface area contributed by atoms with Gasteiger partial charge >= 0.3 is 5.97 Å². The Kier molecular flexibility index (Phi) is 5.98. The highest BCUT2D eigenvalue weighted by Gasteiger charge is 2.24. The van der Waals surface area contributed by atoms with Crippen LogP contribution in [0.4, 0.5) is 5.69 Å². The molecule has 0 aromatic heterocycles. The molecule has 0 spiro atoms. The van der Waals surface area contributed by atoms with Gasteiger partial charge in [0.15, 0.2) is 6.61 Å². The Balaban J connectivity index is 1.77. The summed E-state index contributed by atoms with van der Waals surface area (Å²) in [5, 5.41) is 14.3. The van der Waals surface area contributed by atoms with Crippen LogP contribution < -0.4 is 5.32 Å². The Hall–Kier alpha value is -2.58. The summed E-state index contributed by atoms with van der Waals surface area (Å²) in [6.45, 7) is -0.428. The number of rotatable bonds is 7. The van der Waals surface area contributed by atoms with Gasteiger partial charge < -0.3 is 10.1 Å². The van der Waals surface area contributed by atoms with Crippen molar-refractivity contribution < 1.29 is 19.2 Å². The van der Waals surface area contributed by atoms with Gasteiger partial charge in [-0.15, -0.1) is 0 Å². The molecule has 1 amide bonds. The molecule has 140 valence electrons. The number of non-ortho nitro benzene ring substituents is 1. The van der Waals surface area contributed by atoms with Crippen molar-refractivity contribution in [3.05, 3.63) is 63.2 Å². The highest BCUT2D eigenvalue weighted by Crippen LogP contribution is 2.33. The molecule has 0 unspecified atom stereocenters. The molecule has 1 saturated carbocycles. The molecule has 2 aromatic rings. The standard InChI is InChI=1S/C18H15ClN2O5S/c19-11-1-6-14(7-2-11)27-16-8-5-13(21(24)25)9-15(16)18(23)26-10-17(22)20-12-3-4-12/h1-2,5-9,12H,3-4,10H2,(H,20,22). The van der Waals surface area contributed by atoms with E-state index in [0.29, 0.717) is 9.92 Å². The monoisotopic (exact) mass is 406 g/mol. The number of nitrogens with one attached hydrogen (secondary N) is 1. The fourth-order valence-corrected chi connectivity index (χ4v) is 3.26. The van der Waals surface area contributed by atoms with Crippen LogP contribution in [0, 0.1) is 10.1 Å². The highest BCUT2D eigenvalue weighted by molar-refractivity contribution is 7.99. The number of nitrogens with zero attached hydrogens (tertiary/aromatic N) is 1. The van der Waals surface area contributed by atoms with Gasteiger partial charge in [-0.1, -0.05) is 23.4 Å². The van der Waals surface area contributed by atoms with Crippen LogP contribution in [0.5, 0.6) is 0 Å². The summed E-state index contributed by atoms with van der Waals surface area (Å²) in [5.74, 6) is -1.18. The fourth-order valence-electron chi connectivity index (χ4n) is 2.22. The predicted molar refractivity (Wildman–Crippen MR) is 100 cm³/mol. The first-order chi connectivity index (χ1) is 12.9. The minimum atomic E-state index is -0.791. The third-order valence-corrected chi connectivity index (χ3v) is 5.05. The van der Waals surface area contributed by atoms with Gasteiger partial charge in [-0.3, -0.25) is 14.9 Å². The van der Waals surface area contributed by atoms with Crippen LogP contribution in [0.15, 0.2) is 52.3 Å². The summed E-state index contributed by atoms with van der Waals surface area (Å²) in [6, 6.07) is 11.1. The third-order valence-electron chi connectivity index (χ3n) is 3.71. The van der Waals surface area contributed by atoms with E-state index >= 15 is 0 Å². The molecule has 0 heterocycles. The van der Waals surface area contributed by atoms with Crippen molar-refractivity contribution in [2.45, 2.75) is 28.7 Å². The number of carbonyl (C=O) groups is 2. The number of hydrogen-bond acceptors (Lipinski definition) is 6. The van der Waals surface area contributed by atoms with E-state index in [4.69, 9.17) is 16.3 Å². The second-order valence-electron chi connectivity index (χ2n) is 5.91. The molecule has 3 rings (SSSR count). The molecule has 27 heavy (non-hydrogen) atoms. The van der Waals surface area contributed by atoms with Crippen LogP contribution in [0.2, 0.25) is 5.02 Å². The number of nitro groups is 1. The Morgan fingerprint density at radius 1 is 1.22 bits per heavy atom. The zero-order valence-electron chi connectivity index (χ0n) is 14.0. The Morgan fingerprint density at radius 3 is 2.56 bits per heavy atom. The molecule has 1 N–H and O–H groups in total. The number of nitro benzene ring substituents is 1. The van der Waals surface area contributed by atoms with Gasteiger partial charge in [0.2, 0.25) is 0 Å². The van der Waals surface area contributed by atoms with Gasteiger partial charge in [-0.25, -0.2) is 4.79 Å². The van der Waals surface area contributed by atoms with Crippen LogP contribution in [-0.2, 0) is 9.53 Å². The molecule has 0 aliphatic heterocycles. The lowest BCUT2D eigenvalue weighted by Crippen LogP contribution is -2.30. The Labute approximate surface area is 164 Å². The summed E-state index contributed by atoms with van der Waals surface area (Å²) in [7, 11) is 0. The smallest absolute Gasteiger partial charge is 0.340 e. The summed E-state index contributed by atoms with van der Waals surface area (Å²) in [4.78, 5) is 35.9. The van der Waals surface area contributed by atoms with E-state index in [1.165, 1.54) is 23.9 Å². The number of esters is 1. The topological polar surface area (TPSA) is 98.5 Å². The molecule has 1 aliphatic rings. The molecule has 0 saturated heterocycles. The van der Waals surface area contributed by atoms with Crippen molar-refractivity contribution in [2.75, 3.05) is 6.61 Å². The van der Waals surface area contributed by atoms with E-state index in [1.807, 2.05) is 0 Å². The lowest BCUT2D eigenvalue weighted by molar-refractivity contribution is -0.384. The normalized spacial score (nSPS) is 13.1. The molecule has 9 heteroatoms. The summed E-state index contributed by atoms with van der Waals surface area (Å²) in [6.07, 6.45) is 1.85. The molecule has 1 aliphatic carbocycles. The second-order valence-corrected chi connectivity index (χ2v) is 7.46. The summed E-state index contributed by atoms with van der Waals surface area (Å²) >= 11 is 7.11. The van der Waals surface area contributed by atoms with Crippen LogP contribution in [0.1, 0.15) is 23.2 Å². The fraction of sp³-hybridized carbons (Fsp3) is 0.222. The Morgan fingerprint density at radius 2 is 1.93 bits per heavy atom. The lowest BCUT2D eigenvalue weighted by atomic mass is 10.2. The maximum absolute atomic E-state index is 12.4. The average molecular weight is 407 g/mol. The van der Waals surface area contributed by atoms with E-state index < -0.39 is 17.5 Å². The molecule has 1 fully saturated rings. The number of hydrogen-bond donors (Lipinski definition) is 1. The molecular weight excluding hydrogens is 392 g/mol. The lowest BCUT2D eigenvalue weighted by Gasteiger charge is -2.10. The van der Waals surface area contributed by atoms with Gasteiger partial charge in [0.05, 0.1) is 10.5 Å². The van der Waals surface area contributed by atoms with Gasteiger partial charge in [-0.2, -0.15) is 0 Å². The number of halogens is 1. The van der Waals surface area contributed by atoms with E-state index in [9.17, 15) is 19.7 Å². The molecule has 0 radical (unpaired) electrons. The zero-order chi connectivity index (χ0) is 19.4. The van der Waals surface area contributed by atoms with Gasteiger partial charge in [-0.05, 0) is 43.2 Å². The van der Waals surface area contributed by atoms with Gasteiger partial charge in [0.1, 0.15) is 0 Å². The van der Waals surface area contributed by atoms with Crippen molar-refractivity contribution >= 4 is 40.9 Å². The number of benzene rings is 2. The Bertz CT molecular complexity index is 884. The number of amides is 1. The molecule has 7 nitrogen and oxygen atoms in total. The van der Waals surface area contributed by atoms with Crippen LogP contribution in [0.25, 0.3) is 0 Å². The SMILES string of the molecule is O=C(COC(=O)c1cc([N+](=O)[O-])ccc1Sc1ccc(Cl)cc1)NC1CC1. The van der Waals surface area contributed by atoms with Crippen molar-refractivity contribution in [2.24, 2.45) is 0 Å². The maximum atomic E-state index is 12.4. The second kappa shape index (κ2) is 8.41. The quantitative estimate of drug-likeness (QED) is 0.426. The van der Waals surface area contributed by atoms with Crippen LogP contribution in [-0.4, -0.2) is 29.4 Å². The van der Waals surface area contributed by atoms with E-state index in [2.05, 4.69) is 5.32 Å². The largest absolute Gasteiger partial charge is 0.452 e. The van der Waals surface area contributed by atoms with Crippen LogP contribution >= 0.6 is 23.4 Å². The highest BCUT2D eigenvalue weighted by atomic mass is 35.5. The van der Waals surface area contributed by atoms with E-state index in [1.54, 1.807) is 24.3 Å². The molecular formula is C18H15ClN2O5S. The summed E-state index contributed by atoms with van der Waals surface area (Å²) < 4.78 is 5.04. The van der Waals surface area contributed by atoms with Crippen molar-refractivity contribution in [1.29, 1.82) is 0 Å².